The van der Waals surface area contributed by atoms with Crippen LogP contribution in [-0.2, 0) is 11.3 Å². The molecule has 1 amide bonds. The van der Waals surface area contributed by atoms with E-state index in [1.807, 2.05) is 12.3 Å². The minimum atomic E-state index is -0.282. The number of thioether (sulfide) groups is 1. The number of carbonyl (C=O) groups excluding carboxylic acids is 1. The van der Waals surface area contributed by atoms with E-state index in [1.165, 1.54) is 34.1 Å². The molecule has 0 spiro atoms. The molecule has 1 heterocycles. The van der Waals surface area contributed by atoms with Gasteiger partial charge in [0.15, 0.2) is 4.34 Å². The summed E-state index contributed by atoms with van der Waals surface area (Å²) in [6.07, 6.45) is 0. The fraction of sp³-hybridized carbons (Fsp3) is 0.286. The van der Waals surface area contributed by atoms with E-state index in [4.69, 9.17) is 0 Å². The van der Waals surface area contributed by atoms with Crippen LogP contribution in [-0.4, -0.2) is 28.6 Å². The summed E-state index contributed by atoms with van der Waals surface area (Å²) in [5, 5.41) is 1.95. The third kappa shape index (κ3) is 4.05. The third-order valence-corrected chi connectivity index (χ3v) is 4.83. The van der Waals surface area contributed by atoms with Crippen LogP contribution in [0.5, 0.6) is 0 Å². The number of rotatable bonds is 5. The summed E-state index contributed by atoms with van der Waals surface area (Å²) in [4.78, 5) is 17.8. The largest absolute Gasteiger partial charge is 0.341 e. The summed E-state index contributed by atoms with van der Waals surface area (Å²) in [5.41, 5.74) is 1.49. The number of thiazole rings is 1. The van der Waals surface area contributed by atoms with Crippen molar-refractivity contribution in [3.8, 4) is 0 Å². The minimum absolute atomic E-state index is 0.0360. The van der Waals surface area contributed by atoms with Gasteiger partial charge < -0.3 is 4.90 Å². The van der Waals surface area contributed by atoms with Gasteiger partial charge in [0.2, 0.25) is 5.91 Å². The quantitative estimate of drug-likeness (QED) is 0.794. The topological polar surface area (TPSA) is 33.2 Å². The van der Waals surface area contributed by atoms with Gasteiger partial charge in [-0.25, -0.2) is 9.37 Å². The van der Waals surface area contributed by atoms with E-state index < -0.39 is 0 Å². The van der Waals surface area contributed by atoms with Crippen molar-refractivity contribution in [2.45, 2.75) is 17.8 Å². The van der Waals surface area contributed by atoms with E-state index in [2.05, 4.69) is 4.98 Å². The molecule has 0 fully saturated rings. The second-order valence-electron chi connectivity index (χ2n) is 4.38. The van der Waals surface area contributed by atoms with Crippen molar-refractivity contribution in [1.29, 1.82) is 0 Å². The number of aryl methyl sites for hydroxylation is 1. The molecule has 0 saturated heterocycles. The molecule has 0 bridgehead atoms. The van der Waals surface area contributed by atoms with E-state index in [0.717, 1.165) is 10.0 Å². The highest BCUT2D eigenvalue weighted by molar-refractivity contribution is 8.01. The van der Waals surface area contributed by atoms with Gasteiger partial charge in [-0.05, 0) is 13.0 Å². The summed E-state index contributed by atoms with van der Waals surface area (Å²) in [7, 11) is 1.68. The lowest BCUT2D eigenvalue weighted by atomic mass is 10.2. The molecule has 20 heavy (non-hydrogen) atoms. The molecule has 2 rings (SSSR count). The first-order chi connectivity index (χ1) is 9.56. The normalized spacial score (nSPS) is 10.6. The Hall–Kier alpha value is -1.40. The van der Waals surface area contributed by atoms with Gasteiger partial charge >= 0.3 is 0 Å². The molecule has 0 N–H and O–H groups in total. The van der Waals surface area contributed by atoms with Gasteiger partial charge in [0.05, 0.1) is 5.75 Å². The predicted molar refractivity (Wildman–Crippen MR) is 80.4 cm³/mol. The summed E-state index contributed by atoms with van der Waals surface area (Å²) < 4.78 is 14.4. The average Bonchev–Trinajstić information content (AvgIpc) is 2.84. The number of hydrogen-bond acceptors (Lipinski definition) is 4. The van der Waals surface area contributed by atoms with Crippen molar-refractivity contribution in [1.82, 2.24) is 9.88 Å². The summed E-state index contributed by atoms with van der Waals surface area (Å²) in [6, 6.07) is 6.50. The van der Waals surface area contributed by atoms with Crippen molar-refractivity contribution in [3.63, 3.8) is 0 Å². The molecule has 1 aromatic carbocycles. The molecule has 2 aromatic rings. The maximum atomic E-state index is 13.5. The standard InChI is InChI=1S/C14H15FN2OS2/c1-10-8-19-14(16-10)20-9-13(18)17(2)7-11-5-3-4-6-12(11)15/h3-6,8H,7,9H2,1-2H3. The van der Waals surface area contributed by atoms with Crippen LogP contribution in [0.4, 0.5) is 4.39 Å². The highest BCUT2D eigenvalue weighted by atomic mass is 32.2. The zero-order chi connectivity index (χ0) is 14.5. The highest BCUT2D eigenvalue weighted by Gasteiger charge is 2.12. The Morgan fingerprint density at radius 3 is 2.85 bits per heavy atom. The lowest BCUT2D eigenvalue weighted by Gasteiger charge is -2.17. The van der Waals surface area contributed by atoms with Crippen molar-refractivity contribution in [3.05, 3.63) is 46.7 Å². The lowest BCUT2D eigenvalue weighted by Crippen LogP contribution is -2.28. The van der Waals surface area contributed by atoms with Crippen LogP contribution < -0.4 is 0 Å². The fourth-order valence-electron chi connectivity index (χ4n) is 1.60. The zero-order valence-electron chi connectivity index (χ0n) is 11.3. The van der Waals surface area contributed by atoms with Crippen LogP contribution in [0.1, 0.15) is 11.3 Å². The first-order valence-electron chi connectivity index (χ1n) is 6.08. The third-order valence-electron chi connectivity index (χ3n) is 2.71. The minimum Gasteiger partial charge on any atom is -0.341 e. The molecule has 106 valence electrons. The Kier molecular flexibility index (Phi) is 5.14. The van der Waals surface area contributed by atoms with Gasteiger partial charge in [-0.3, -0.25) is 4.79 Å². The molecule has 0 aliphatic heterocycles. The lowest BCUT2D eigenvalue weighted by molar-refractivity contribution is -0.127. The number of halogens is 1. The first-order valence-corrected chi connectivity index (χ1v) is 7.95. The molecule has 0 radical (unpaired) electrons. The van der Waals surface area contributed by atoms with Crippen molar-refractivity contribution >= 4 is 29.0 Å². The molecule has 0 atom stereocenters. The molecule has 0 unspecified atom stereocenters. The van der Waals surface area contributed by atoms with Crippen LogP contribution in [0.25, 0.3) is 0 Å². The molecule has 3 nitrogen and oxygen atoms in total. The van der Waals surface area contributed by atoms with Gasteiger partial charge in [0.25, 0.3) is 0 Å². The summed E-state index contributed by atoms with van der Waals surface area (Å²) >= 11 is 2.95. The van der Waals surface area contributed by atoms with Crippen LogP contribution in [0.3, 0.4) is 0 Å². The Morgan fingerprint density at radius 2 is 2.20 bits per heavy atom. The molecule has 0 saturated carbocycles. The second kappa shape index (κ2) is 6.85. The van der Waals surface area contributed by atoms with Crippen molar-refractivity contribution < 1.29 is 9.18 Å². The number of benzene rings is 1. The molecule has 0 aliphatic rings. The Labute approximate surface area is 125 Å². The van der Waals surface area contributed by atoms with Crippen molar-refractivity contribution in [2.75, 3.05) is 12.8 Å². The predicted octanol–water partition coefficient (Wildman–Crippen LogP) is 3.34. The van der Waals surface area contributed by atoms with Crippen LogP contribution in [0, 0.1) is 12.7 Å². The number of hydrogen-bond donors (Lipinski definition) is 0. The number of carbonyl (C=O) groups is 1. The van der Waals surface area contributed by atoms with E-state index in [0.29, 0.717) is 11.3 Å². The highest BCUT2D eigenvalue weighted by Crippen LogP contribution is 2.22. The smallest absolute Gasteiger partial charge is 0.233 e. The summed E-state index contributed by atoms with van der Waals surface area (Å²) in [5.74, 6) is -0.000728. The van der Waals surface area contributed by atoms with Crippen LogP contribution in [0.2, 0.25) is 0 Å². The number of amides is 1. The molecular weight excluding hydrogens is 295 g/mol. The second-order valence-corrected chi connectivity index (χ2v) is 6.47. The molecule has 1 aromatic heterocycles. The average molecular weight is 310 g/mol. The van der Waals surface area contributed by atoms with Gasteiger partial charge in [-0.15, -0.1) is 11.3 Å². The molecular formula is C14H15FN2OS2. The first kappa shape index (κ1) is 15.0. The van der Waals surface area contributed by atoms with Crippen LogP contribution >= 0.6 is 23.1 Å². The Morgan fingerprint density at radius 1 is 1.45 bits per heavy atom. The fourth-order valence-corrected chi connectivity index (χ4v) is 3.39. The van der Waals surface area contributed by atoms with Crippen molar-refractivity contribution in [2.24, 2.45) is 0 Å². The number of aromatic nitrogens is 1. The van der Waals surface area contributed by atoms with Gasteiger partial charge in [-0.1, -0.05) is 30.0 Å². The zero-order valence-corrected chi connectivity index (χ0v) is 12.9. The van der Waals surface area contributed by atoms with E-state index in [1.54, 1.807) is 25.2 Å². The van der Waals surface area contributed by atoms with Gasteiger partial charge in [0, 0.05) is 30.2 Å². The summed E-state index contributed by atoms with van der Waals surface area (Å²) in [6.45, 7) is 2.20. The number of nitrogens with zero attached hydrogens (tertiary/aromatic N) is 2. The SMILES string of the molecule is Cc1csc(SCC(=O)N(C)Cc2ccccc2F)n1. The maximum absolute atomic E-state index is 13.5. The van der Waals surface area contributed by atoms with Crippen LogP contribution in [0.15, 0.2) is 34.0 Å². The Bertz CT molecular complexity index is 600. The Balaban J connectivity index is 1.87. The van der Waals surface area contributed by atoms with E-state index in [9.17, 15) is 9.18 Å². The van der Waals surface area contributed by atoms with E-state index in [-0.39, 0.29) is 18.3 Å². The molecule has 6 heteroatoms. The molecule has 0 aliphatic carbocycles. The van der Waals surface area contributed by atoms with Gasteiger partial charge in [-0.2, -0.15) is 0 Å². The van der Waals surface area contributed by atoms with Gasteiger partial charge in [0.1, 0.15) is 5.82 Å². The monoisotopic (exact) mass is 310 g/mol. The maximum Gasteiger partial charge on any atom is 0.233 e. The van der Waals surface area contributed by atoms with E-state index >= 15 is 0 Å².